The lowest BCUT2D eigenvalue weighted by atomic mass is 9.89. The first-order valence-electron chi connectivity index (χ1n) is 8.03. The maximum absolute atomic E-state index is 4.58. The summed E-state index contributed by atoms with van der Waals surface area (Å²) < 4.78 is 0. The van der Waals surface area contributed by atoms with Gasteiger partial charge in [-0.2, -0.15) is 0 Å². The van der Waals surface area contributed by atoms with Crippen LogP contribution in [0.1, 0.15) is 32.1 Å². The van der Waals surface area contributed by atoms with Gasteiger partial charge in [-0.15, -0.1) is 6.58 Å². The summed E-state index contributed by atoms with van der Waals surface area (Å²) in [5.74, 6) is 0.730. The van der Waals surface area contributed by atoms with E-state index in [-0.39, 0.29) is 0 Å². The lowest BCUT2D eigenvalue weighted by Crippen LogP contribution is -2.45. The van der Waals surface area contributed by atoms with E-state index in [9.17, 15) is 0 Å². The molecule has 0 N–H and O–H groups in total. The predicted molar refractivity (Wildman–Crippen MR) is 93.6 cm³/mol. The molecule has 107 valence electrons. The molecule has 0 spiro atoms. The lowest BCUT2D eigenvalue weighted by molar-refractivity contribution is 0.413. The van der Waals surface area contributed by atoms with Crippen molar-refractivity contribution in [2.75, 3.05) is 0 Å². The van der Waals surface area contributed by atoms with Crippen molar-refractivity contribution in [3.05, 3.63) is 72.4 Å². The van der Waals surface area contributed by atoms with Crippen molar-refractivity contribution >= 4 is 19.2 Å². The van der Waals surface area contributed by atoms with Crippen LogP contribution in [-0.2, 0) is 0 Å². The van der Waals surface area contributed by atoms with E-state index in [0.29, 0.717) is 0 Å². The predicted octanol–water partition coefficient (Wildman–Crippen LogP) is 3.97. The highest BCUT2D eigenvalue weighted by molar-refractivity contribution is 6.90. The average Bonchev–Trinajstić information content (AvgIpc) is 2.58. The highest BCUT2D eigenvalue weighted by Crippen LogP contribution is 2.30. The van der Waals surface area contributed by atoms with Crippen molar-refractivity contribution in [2.24, 2.45) is 5.92 Å². The molecule has 3 rings (SSSR count). The van der Waals surface area contributed by atoms with Gasteiger partial charge in [-0.1, -0.05) is 95.5 Å². The topological polar surface area (TPSA) is 0 Å². The van der Waals surface area contributed by atoms with Crippen LogP contribution in [0.5, 0.6) is 0 Å². The summed E-state index contributed by atoms with van der Waals surface area (Å²) in [7, 11) is -0.871. The SMILES string of the molecule is C=C(C1CCCCC1)[Si](c1ccccc1)c1ccccc1. The van der Waals surface area contributed by atoms with Gasteiger partial charge in [0.2, 0.25) is 0 Å². The van der Waals surface area contributed by atoms with Crippen LogP contribution >= 0.6 is 0 Å². The first-order valence-corrected chi connectivity index (χ1v) is 9.53. The fraction of sp³-hybridized carbons (Fsp3) is 0.300. The number of rotatable bonds is 4. The van der Waals surface area contributed by atoms with E-state index >= 15 is 0 Å². The summed E-state index contributed by atoms with van der Waals surface area (Å²) in [5, 5.41) is 4.46. The van der Waals surface area contributed by atoms with Crippen LogP contribution in [0, 0.1) is 5.92 Å². The maximum atomic E-state index is 4.58. The van der Waals surface area contributed by atoms with Crippen LogP contribution in [0.2, 0.25) is 0 Å². The van der Waals surface area contributed by atoms with Crippen molar-refractivity contribution in [3.63, 3.8) is 0 Å². The van der Waals surface area contributed by atoms with Crippen LogP contribution < -0.4 is 10.4 Å². The van der Waals surface area contributed by atoms with Gasteiger partial charge in [0.1, 0.15) is 8.80 Å². The lowest BCUT2D eigenvalue weighted by Gasteiger charge is -2.29. The van der Waals surface area contributed by atoms with Gasteiger partial charge >= 0.3 is 0 Å². The van der Waals surface area contributed by atoms with Crippen LogP contribution in [-0.4, -0.2) is 8.80 Å². The van der Waals surface area contributed by atoms with Gasteiger partial charge in [0.25, 0.3) is 0 Å². The third-order valence-corrected chi connectivity index (χ3v) is 7.42. The molecule has 0 aromatic heterocycles. The third-order valence-electron chi connectivity index (χ3n) is 4.54. The molecule has 2 aromatic rings. The van der Waals surface area contributed by atoms with Gasteiger partial charge in [0, 0.05) is 0 Å². The van der Waals surface area contributed by atoms with Gasteiger partial charge in [-0.05, 0) is 18.8 Å². The zero-order chi connectivity index (χ0) is 14.5. The van der Waals surface area contributed by atoms with Crippen LogP contribution in [0.15, 0.2) is 72.4 Å². The Hall–Kier alpha value is -1.60. The minimum absolute atomic E-state index is 0.730. The Morgan fingerprint density at radius 1 is 0.762 bits per heavy atom. The van der Waals surface area contributed by atoms with E-state index in [2.05, 4.69) is 67.2 Å². The second-order valence-electron chi connectivity index (χ2n) is 5.97. The summed E-state index contributed by atoms with van der Waals surface area (Å²) in [6.45, 7) is 4.58. The van der Waals surface area contributed by atoms with E-state index in [1.807, 2.05) is 0 Å². The minimum atomic E-state index is -0.871. The zero-order valence-electron chi connectivity index (χ0n) is 12.6. The normalized spacial score (nSPS) is 16.0. The third kappa shape index (κ3) is 3.35. The van der Waals surface area contributed by atoms with Crippen LogP contribution in [0.25, 0.3) is 0 Å². The second kappa shape index (κ2) is 6.90. The molecule has 2 aromatic carbocycles. The standard InChI is InChI=1S/C20H23Si/c1-17(18-11-5-2-6-12-18)21(19-13-7-3-8-14-19)20-15-9-4-10-16-20/h3-4,7-10,13-16,18H,1-2,5-6,11-12H2. The molecule has 1 radical (unpaired) electrons. The minimum Gasteiger partial charge on any atom is -0.103 e. The molecule has 1 fully saturated rings. The largest absolute Gasteiger partial charge is 0.150 e. The number of allylic oxidation sites excluding steroid dienone is 1. The first-order chi connectivity index (χ1) is 10.4. The Morgan fingerprint density at radius 2 is 1.24 bits per heavy atom. The fourth-order valence-corrected chi connectivity index (χ4v) is 6.23. The van der Waals surface area contributed by atoms with Crippen molar-refractivity contribution in [1.82, 2.24) is 0 Å². The molecule has 0 unspecified atom stereocenters. The van der Waals surface area contributed by atoms with Gasteiger partial charge in [0.05, 0.1) is 0 Å². The van der Waals surface area contributed by atoms with Gasteiger partial charge in [-0.25, -0.2) is 0 Å². The Bertz CT molecular complexity index is 528. The van der Waals surface area contributed by atoms with E-state index in [1.165, 1.54) is 47.7 Å². The van der Waals surface area contributed by atoms with Gasteiger partial charge in [0.15, 0.2) is 0 Å². The van der Waals surface area contributed by atoms with Crippen molar-refractivity contribution in [3.8, 4) is 0 Å². The number of benzene rings is 2. The molecule has 0 amide bonds. The molecule has 21 heavy (non-hydrogen) atoms. The molecule has 0 atom stereocenters. The molecule has 0 saturated heterocycles. The smallest absolute Gasteiger partial charge is 0.103 e. The van der Waals surface area contributed by atoms with E-state index < -0.39 is 8.80 Å². The molecule has 0 bridgehead atoms. The molecular formula is C20H23Si. The molecule has 0 aliphatic heterocycles. The quantitative estimate of drug-likeness (QED) is 0.748. The molecule has 1 aliphatic rings. The fourth-order valence-electron chi connectivity index (χ4n) is 3.40. The van der Waals surface area contributed by atoms with E-state index in [0.717, 1.165) is 5.92 Å². The Balaban J connectivity index is 1.94. The van der Waals surface area contributed by atoms with Gasteiger partial charge < -0.3 is 0 Å². The Morgan fingerprint density at radius 3 is 1.71 bits per heavy atom. The Labute approximate surface area is 130 Å². The first kappa shape index (κ1) is 14.3. The summed E-state index contributed by atoms with van der Waals surface area (Å²) in [5.41, 5.74) is 0. The highest BCUT2D eigenvalue weighted by Gasteiger charge is 2.27. The number of hydrogen-bond acceptors (Lipinski definition) is 0. The molecule has 1 heteroatoms. The molecule has 1 saturated carbocycles. The van der Waals surface area contributed by atoms with Crippen LogP contribution in [0.4, 0.5) is 0 Å². The summed E-state index contributed by atoms with van der Waals surface area (Å²) in [6.07, 6.45) is 6.84. The van der Waals surface area contributed by atoms with Crippen molar-refractivity contribution < 1.29 is 0 Å². The maximum Gasteiger partial charge on any atom is 0.150 e. The summed E-state index contributed by atoms with van der Waals surface area (Å²) in [6, 6.07) is 22.0. The molecule has 0 nitrogen and oxygen atoms in total. The summed E-state index contributed by atoms with van der Waals surface area (Å²) in [4.78, 5) is 0. The monoisotopic (exact) mass is 291 g/mol. The number of hydrogen-bond donors (Lipinski definition) is 0. The molecule has 0 heterocycles. The van der Waals surface area contributed by atoms with E-state index in [4.69, 9.17) is 0 Å². The van der Waals surface area contributed by atoms with Crippen molar-refractivity contribution in [1.29, 1.82) is 0 Å². The second-order valence-corrected chi connectivity index (χ2v) is 8.51. The molecular weight excluding hydrogens is 268 g/mol. The highest BCUT2D eigenvalue weighted by atomic mass is 28.3. The van der Waals surface area contributed by atoms with Crippen LogP contribution in [0.3, 0.4) is 0 Å². The van der Waals surface area contributed by atoms with Gasteiger partial charge in [-0.3, -0.25) is 0 Å². The zero-order valence-corrected chi connectivity index (χ0v) is 13.6. The van der Waals surface area contributed by atoms with Crippen molar-refractivity contribution in [2.45, 2.75) is 32.1 Å². The molecule has 1 aliphatic carbocycles. The Kier molecular flexibility index (Phi) is 4.71. The van der Waals surface area contributed by atoms with E-state index in [1.54, 1.807) is 0 Å². The summed E-state index contributed by atoms with van der Waals surface area (Å²) >= 11 is 0. The average molecular weight is 291 g/mol.